The first kappa shape index (κ1) is 19.4. The highest BCUT2D eigenvalue weighted by Gasteiger charge is 2.72. The molecule has 0 aromatic heterocycles. The largest absolute Gasteiger partial charge is 0.457 e. The van der Waals surface area contributed by atoms with Gasteiger partial charge in [-0.15, -0.1) is 0 Å². The lowest BCUT2D eigenvalue weighted by atomic mass is 10.1. The molecule has 0 aliphatic heterocycles. The molecule has 0 N–H and O–H groups in total. The van der Waals surface area contributed by atoms with Gasteiger partial charge in [-0.05, 0) is 0 Å². The Kier molecular flexibility index (Phi) is 4.93. The molecule has 0 aromatic rings. The van der Waals surface area contributed by atoms with Gasteiger partial charge >= 0.3 is 30.4 Å². The fourth-order valence-corrected chi connectivity index (χ4v) is 0.789. The van der Waals surface area contributed by atoms with E-state index in [4.69, 9.17) is 0 Å². The number of halogens is 11. The van der Waals surface area contributed by atoms with E-state index in [0.29, 0.717) is 0 Å². The van der Waals surface area contributed by atoms with E-state index in [1.807, 2.05) is 6.58 Å². The van der Waals surface area contributed by atoms with Gasteiger partial charge in [-0.2, -0.15) is 48.3 Å². The Balaban J connectivity index is 5.53. The highest BCUT2D eigenvalue weighted by atomic mass is 19.4. The third kappa shape index (κ3) is 4.46. The topological polar surface area (TPSA) is 26.3 Å². The fourth-order valence-electron chi connectivity index (χ4n) is 0.789. The fraction of sp³-hybridized carbons (Fsp3) is 0.625. The molecular formula is C8H3F11O2. The average molecular weight is 340 g/mol. The zero-order valence-electron chi connectivity index (χ0n) is 9.26. The molecule has 0 aliphatic carbocycles. The smallest absolute Gasteiger partial charge is 0.442 e. The van der Waals surface area contributed by atoms with Gasteiger partial charge in [-0.3, -0.25) is 0 Å². The summed E-state index contributed by atoms with van der Waals surface area (Å²) < 4.78 is 135. The van der Waals surface area contributed by atoms with E-state index in [9.17, 15) is 53.1 Å². The zero-order chi connectivity index (χ0) is 17.4. The van der Waals surface area contributed by atoms with Gasteiger partial charge in [0.2, 0.25) is 0 Å². The van der Waals surface area contributed by atoms with Crippen molar-refractivity contribution in [3.63, 3.8) is 0 Å². The number of carbonyl (C=O) groups excluding carboxylic acids is 1. The molecule has 0 amide bonds. The van der Waals surface area contributed by atoms with Crippen LogP contribution in [0.25, 0.3) is 0 Å². The molecule has 21 heavy (non-hydrogen) atoms. The Bertz CT molecular complexity index is 413. The summed E-state index contributed by atoms with van der Waals surface area (Å²) in [6.45, 7) is 1.91. The van der Waals surface area contributed by atoms with Crippen LogP contribution in [0.5, 0.6) is 0 Å². The van der Waals surface area contributed by atoms with E-state index in [1.165, 1.54) is 0 Å². The van der Waals surface area contributed by atoms with Crippen LogP contribution in [0.1, 0.15) is 0 Å². The minimum absolute atomic E-state index is 1.91. The molecule has 0 spiro atoms. The highest BCUT2D eigenvalue weighted by molar-refractivity contribution is 5.89. The second-order valence-electron chi connectivity index (χ2n) is 3.42. The Morgan fingerprint density at radius 2 is 1.24 bits per heavy atom. The monoisotopic (exact) mass is 340 g/mol. The molecule has 0 rings (SSSR count). The van der Waals surface area contributed by atoms with Crippen molar-refractivity contribution in [3.05, 3.63) is 12.2 Å². The van der Waals surface area contributed by atoms with Gasteiger partial charge in [0.1, 0.15) is 5.57 Å². The third-order valence-electron chi connectivity index (χ3n) is 1.82. The van der Waals surface area contributed by atoms with Crippen molar-refractivity contribution in [3.8, 4) is 0 Å². The van der Waals surface area contributed by atoms with Crippen LogP contribution in [-0.4, -0.2) is 36.5 Å². The lowest BCUT2D eigenvalue weighted by Crippen LogP contribution is -2.56. The molecule has 2 nitrogen and oxygen atoms in total. The molecule has 1 unspecified atom stereocenters. The predicted molar refractivity (Wildman–Crippen MR) is 42.1 cm³/mol. The van der Waals surface area contributed by atoms with Crippen LogP contribution in [0.15, 0.2) is 12.2 Å². The van der Waals surface area contributed by atoms with Gasteiger partial charge in [0, 0.05) is 0 Å². The lowest BCUT2D eigenvalue weighted by molar-refractivity contribution is -0.360. The van der Waals surface area contributed by atoms with Gasteiger partial charge in [0.05, 0.1) is 0 Å². The maximum absolute atomic E-state index is 12.6. The number of alkyl halides is 11. The molecule has 0 heterocycles. The summed E-state index contributed by atoms with van der Waals surface area (Å²) >= 11 is 0. The number of carbonyl (C=O) groups is 1. The number of hydrogen-bond donors (Lipinski definition) is 0. The summed E-state index contributed by atoms with van der Waals surface area (Å²) in [6.07, 6.45) is -24.1. The molecule has 13 heteroatoms. The van der Waals surface area contributed by atoms with Crippen molar-refractivity contribution in [1.29, 1.82) is 0 Å². The summed E-state index contributed by atoms with van der Waals surface area (Å²) in [7, 11) is 0. The maximum atomic E-state index is 12.6. The molecule has 0 fully saturated rings. The van der Waals surface area contributed by atoms with Crippen LogP contribution in [0, 0.1) is 0 Å². The van der Waals surface area contributed by atoms with Gasteiger partial charge in [0.25, 0.3) is 6.10 Å². The van der Waals surface area contributed by atoms with Crippen LogP contribution in [0.3, 0.4) is 0 Å². The Labute approximate surface area is 108 Å². The highest BCUT2D eigenvalue weighted by Crippen LogP contribution is 2.45. The molecule has 0 aliphatic rings. The van der Waals surface area contributed by atoms with E-state index in [2.05, 4.69) is 4.74 Å². The zero-order valence-corrected chi connectivity index (χ0v) is 9.26. The van der Waals surface area contributed by atoms with Crippen LogP contribution >= 0.6 is 0 Å². The molecule has 0 saturated heterocycles. The normalized spacial score (nSPS) is 15.6. The van der Waals surface area contributed by atoms with E-state index >= 15 is 0 Å². The van der Waals surface area contributed by atoms with E-state index in [0.717, 1.165) is 0 Å². The first-order chi connectivity index (χ1) is 8.92. The molecule has 0 saturated carbocycles. The standard InChI is InChI=1S/C8H3F11O2/c1-2(6(11,12)13)3(20)21-4(7(14,15)16)5(9,10)8(17,18)19/h4H,1H2. The van der Waals surface area contributed by atoms with Crippen molar-refractivity contribution in [2.75, 3.05) is 0 Å². The lowest BCUT2D eigenvalue weighted by Gasteiger charge is -2.29. The van der Waals surface area contributed by atoms with Crippen molar-refractivity contribution >= 4 is 5.97 Å². The van der Waals surface area contributed by atoms with Crippen molar-refractivity contribution in [2.45, 2.75) is 30.6 Å². The molecular weight excluding hydrogens is 337 g/mol. The molecule has 1 atom stereocenters. The summed E-state index contributed by atoms with van der Waals surface area (Å²) in [4.78, 5) is 10.6. The van der Waals surface area contributed by atoms with E-state index < -0.39 is 42.1 Å². The van der Waals surface area contributed by atoms with Crippen molar-refractivity contribution in [1.82, 2.24) is 0 Å². The number of ether oxygens (including phenoxy) is 1. The van der Waals surface area contributed by atoms with Crippen LogP contribution in [0.4, 0.5) is 48.3 Å². The predicted octanol–water partition coefficient (Wildman–Crippen LogP) is 3.78. The molecule has 124 valence electrons. The second kappa shape index (κ2) is 5.33. The Hall–Kier alpha value is -1.56. The number of rotatable bonds is 3. The van der Waals surface area contributed by atoms with Gasteiger partial charge < -0.3 is 4.74 Å². The SMILES string of the molecule is C=C(C(=O)OC(C(F)(F)F)C(F)(F)C(F)(F)F)C(F)(F)F. The quantitative estimate of drug-likeness (QED) is 0.444. The minimum Gasteiger partial charge on any atom is -0.442 e. The van der Waals surface area contributed by atoms with Gasteiger partial charge in [-0.25, -0.2) is 4.79 Å². The van der Waals surface area contributed by atoms with Crippen LogP contribution in [-0.2, 0) is 9.53 Å². The average Bonchev–Trinajstić information content (AvgIpc) is 2.19. The van der Waals surface area contributed by atoms with E-state index in [-0.39, 0.29) is 0 Å². The molecule has 0 radical (unpaired) electrons. The summed E-state index contributed by atoms with van der Waals surface area (Å²) in [5.41, 5.74) is -2.67. The first-order valence-electron chi connectivity index (χ1n) is 4.40. The molecule has 0 aromatic carbocycles. The third-order valence-corrected chi connectivity index (χ3v) is 1.82. The summed E-state index contributed by atoms with van der Waals surface area (Å²) in [5, 5.41) is 0. The van der Waals surface area contributed by atoms with Crippen molar-refractivity contribution in [2.24, 2.45) is 0 Å². The number of hydrogen-bond acceptors (Lipinski definition) is 2. The summed E-state index contributed by atoms with van der Waals surface area (Å²) in [5.74, 6) is -9.75. The first-order valence-corrected chi connectivity index (χ1v) is 4.40. The Morgan fingerprint density at radius 1 is 0.857 bits per heavy atom. The van der Waals surface area contributed by atoms with Crippen LogP contribution < -0.4 is 0 Å². The van der Waals surface area contributed by atoms with Crippen molar-refractivity contribution < 1.29 is 57.8 Å². The molecule has 0 bridgehead atoms. The summed E-state index contributed by atoms with van der Waals surface area (Å²) in [6, 6.07) is 0. The van der Waals surface area contributed by atoms with Gasteiger partial charge in [-0.1, -0.05) is 6.58 Å². The second-order valence-corrected chi connectivity index (χ2v) is 3.42. The Morgan fingerprint density at radius 3 is 1.48 bits per heavy atom. The van der Waals surface area contributed by atoms with Gasteiger partial charge in [0.15, 0.2) is 0 Å². The van der Waals surface area contributed by atoms with Crippen LogP contribution in [0.2, 0.25) is 0 Å². The maximum Gasteiger partial charge on any atom is 0.457 e. The van der Waals surface area contributed by atoms with E-state index in [1.54, 1.807) is 0 Å². The minimum atomic E-state index is -6.81. The number of esters is 1.